The van der Waals surface area contributed by atoms with E-state index in [1.165, 1.54) is 11.3 Å². The molecule has 2 N–H and O–H groups in total. The molecule has 3 nitrogen and oxygen atoms in total. The number of nitrogens with zero attached hydrogens (tertiary/aromatic N) is 1. The van der Waals surface area contributed by atoms with Gasteiger partial charge in [-0.25, -0.2) is 0 Å². The zero-order valence-electron chi connectivity index (χ0n) is 10.5. The predicted molar refractivity (Wildman–Crippen MR) is 80.4 cm³/mol. The summed E-state index contributed by atoms with van der Waals surface area (Å²) in [5, 5.41) is 0. The van der Waals surface area contributed by atoms with Crippen LogP contribution in [0.25, 0.3) is 0 Å². The van der Waals surface area contributed by atoms with Crippen LogP contribution in [0.2, 0.25) is 0 Å². The van der Waals surface area contributed by atoms with E-state index in [0.29, 0.717) is 6.54 Å². The minimum atomic E-state index is 0.0583. The van der Waals surface area contributed by atoms with Gasteiger partial charge in [0, 0.05) is 21.9 Å². The molecule has 0 amide bonds. The van der Waals surface area contributed by atoms with Crippen molar-refractivity contribution in [3.8, 4) is 0 Å². The Hall–Kier alpha value is -1.55. The number of aryl methyl sites for hydroxylation is 1. The van der Waals surface area contributed by atoms with Crippen LogP contribution in [0.5, 0.6) is 0 Å². The van der Waals surface area contributed by atoms with Gasteiger partial charge in [-0.15, -0.1) is 0 Å². The number of fused-ring (bicyclic) bond motifs is 1. The summed E-state index contributed by atoms with van der Waals surface area (Å²) in [5.74, 6) is 0. The van der Waals surface area contributed by atoms with Crippen molar-refractivity contribution in [2.24, 2.45) is 0 Å². The molecule has 0 aliphatic heterocycles. The molecule has 0 fully saturated rings. The van der Waals surface area contributed by atoms with E-state index >= 15 is 0 Å². The third-order valence-electron chi connectivity index (χ3n) is 3.69. The van der Waals surface area contributed by atoms with Crippen LogP contribution in [-0.2, 0) is 19.4 Å². The zero-order valence-corrected chi connectivity index (χ0v) is 12.1. The van der Waals surface area contributed by atoms with Crippen LogP contribution in [0, 0.1) is 0 Å². The van der Waals surface area contributed by atoms with Crippen molar-refractivity contribution in [3.63, 3.8) is 0 Å². The lowest BCUT2D eigenvalue weighted by Crippen LogP contribution is -2.23. The van der Waals surface area contributed by atoms with E-state index in [1.807, 2.05) is 28.8 Å². The molecule has 1 aromatic heterocycles. The Morgan fingerprint density at radius 3 is 2.84 bits per heavy atom. The molecule has 1 aliphatic rings. The molecule has 0 atom stereocenters. The first-order chi connectivity index (χ1) is 9.15. The van der Waals surface area contributed by atoms with E-state index in [0.717, 1.165) is 35.0 Å². The SMILES string of the molecule is Nc1cc(Br)ccc1Cn1c2c(ccc1=O)CCC2. The van der Waals surface area contributed by atoms with Gasteiger partial charge in [-0.3, -0.25) is 4.79 Å². The molecular weight excluding hydrogens is 304 g/mol. The average molecular weight is 319 g/mol. The number of hydrogen-bond donors (Lipinski definition) is 1. The Kier molecular flexibility index (Phi) is 3.19. The summed E-state index contributed by atoms with van der Waals surface area (Å²) < 4.78 is 2.82. The summed E-state index contributed by atoms with van der Waals surface area (Å²) in [6, 6.07) is 9.44. The van der Waals surface area contributed by atoms with Gasteiger partial charge in [-0.05, 0) is 42.5 Å². The normalized spacial score (nSPS) is 13.5. The first-order valence-electron chi connectivity index (χ1n) is 6.40. The van der Waals surface area contributed by atoms with E-state index in [1.54, 1.807) is 6.07 Å². The summed E-state index contributed by atoms with van der Waals surface area (Å²) in [7, 11) is 0. The molecule has 1 heterocycles. The molecule has 19 heavy (non-hydrogen) atoms. The summed E-state index contributed by atoms with van der Waals surface area (Å²) in [5.41, 5.74) is 10.3. The van der Waals surface area contributed by atoms with Crippen molar-refractivity contribution in [2.75, 3.05) is 5.73 Å². The van der Waals surface area contributed by atoms with Gasteiger partial charge in [0.1, 0.15) is 0 Å². The summed E-state index contributed by atoms with van der Waals surface area (Å²) in [6.45, 7) is 0.557. The third kappa shape index (κ3) is 2.32. The van der Waals surface area contributed by atoms with Gasteiger partial charge in [-0.2, -0.15) is 0 Å². The lowest BCUT2D eigenvalue weighted by Gasteiger charge is -2.13. The standard InChI is InChI=1S/C15H15BrN2O/c16-12-6-4-11(13(17)8-12)9-18-14-3-1-2-10(14)5-7-15(18)19/h4-8H,1-3,9,17H2. The largest absolute Gasteiger partial charge is 0.398 e. The van der Waals surface area contributed by atoms with E-state index in [4.69, 9.17) is 5.73 Å². The molecule has 4 heteroatoms. The van der Waals surface area contributed by atoms with Crippen molar-refractivity contribution in [1.29, 1.82) is 0 Å². The molecule has 2 aromatic rings. The van der Waals surface area contributed by atoms with E-state index < -0.39 is 0 Å². The number of pyridine rings is 1. The maximum absolute atomic E-state index is 12.1. The van der Waals surface area contributed by atoms with Crippen LogP contribution in [0.4, 0.5) is 5.69 Å². The molecular formula is C15H15BrN2O. The van der Waals surface area contributed by atoms with Crippen molar-refractivity contribution < 1.29 is 0 Å². The lowest BCUT2D eigenvalue weighted by atomic mass is 10.1. The van der Waals surface area contributed by atoms with Crippen molar-refractivity contribution >= 4 is 21.6 Å². The summed E-state index contributed by atoms with van der Waals surface area (Å²) in [6.07, 6.45) is 3.20. The lowest BCUT2D eigenvalue weighted by molar-refractivity contribution is 0.708. The quantitative estimate of drug-likeness (QED) is 0.865. The molecule has 1 aromatic carbocycles. The molecule has 0 unspecified atom stereocenters. The highest BCUT2D eigenvalue weighted by atomic mass is 79.9. The van der Waals surface area contributed by atoms with Crippen molar-refractivity contribution in [3.05, 3.63) is 62.0 Å². The Morgan fingerprint density at radius 1 is 1.21 bits per heavy atom. The van der Waals surface area contributed by atoms with Crippen LogP contribution in [0.3, 0.4) is 0 Å². The fraction of sp³-hybridized carbons (Fsp3) is 0.267. The second-order valence-corrected chi connectivity index (χ2v) is 5.84. The maximum Gasteiger partial charge on any atom is 0.251 e. The predicted octanol–water partition coefficient (Wildman–Crippen LogP) is 2.73. The highest BCUT2D eigenvalue weighted by Crippen LogP contribution is 2.23. The van der Waals surface area contributed by atoms with Gasteiger partial charge >= 0.3 is 0 Å². The van der Waals surface area contributed by atoms with Gasteiger partial charge < -0.3 is 10.3 Å². The Labute approximate surface area is 120 Å². The Morgan fingerprint density at radius 2 is 2.05 bits per heavy atom. The molecule has 1 aliphatic carbocycles. The van der Waals surface area contributed by atoms with Crippen LogP contribution >= 0.6 is 15.9 Å². The smallest absolute Gasteiger partial charge is 0.251 e. The number of anilines is 1. The average Bonchev–Trinajstić information content (AvgIpc) is 2.84. The van der Waals surface area contributed by atoms with Crippen LogP contribution in [0.1, 0.15) is 23.2 Å². The number of benzene rings is 1. The molecule has 98 valence electrons. The number of halogens is 1. The number of nitrogen functional groups attached to an aromatic ring is 1. The first-order valence-corrected chi connectivity index (χ1v) is 7.20. The van der Waals surface area contributed by atoms with Gasteiger partial charge in [0.2, 0.25) is 0 Å². The van der Waals surface area contributed by atoms with Crippen molar-refractivity contribution in [1.82, 2.24) is 4.57 Å². The Balaban J connectivity index is 2.04. The van der Waals surface area contributed by atoms with E-state index in [9.17, 15) is 4.79 Å². The summed E-state index contributed by atoms with van der Waals surface area (Å²) >= 11 is 3.40. The molecule has 0 spiro atoms. The minimum absolute atomic E-state index is 0.0583. The zero-order chi connectivity index (χ0) is 13.4. The number of hydrogen-bond acceptors (Lipinski definition) is 2. The topological polar surface area (TPSA) is 48.0 Å². The fourth-order valence-corrected chi connectivity index (χ4v) is 3.07. The second-order valence-electron chi connectivity index (χ2n) is 4.93. The third-order valence-corrected chi connectivity index (χ3v) is 4.18. The van der Waals surface area contributed by atoms with Crippen molar-refractivity contribution in [2.45, 2.75) is 25.8 Å². The first kappa shape index (κ1) is 12.5. The van der Waals surface area contributed by atoms with Crippen LogP contribution in [0.15, 0.2) is 39.6 Å². The minimum Gasteiger partial charge on any atom is -0.398 e. The van der Waals surface area contributed by atoms with Gasteiger partial charge in [0.05, 0.1) is 6.54 Å². The van der Waals surface area contributed by atoms with Gasteiger partial charge in [-0.1, -0.05) is 28.1 Å². The molecule has 0 saturated carbocycles. The van der Waals surface area contributed by atoms with E-state index in [-0.39, 0.29) is 5.56 Å². The fourth-order valence-electron chi connectivity index (χ4n) is 2.69. The Bertz CT molecular complexity index is 691. The highest BCUT2D eigenvalue weighted by Gasteiger charge is 2.16. The van der Waals surface area contributed by atoms with Gasteiger partial charge in [0.15, 0.2) is 0 Å². The molecule has 0 radical (unpaired) electrons. The van der Waals surface area contributed by atoms with Gasteiger partial charge in [0.25, 0.3) is 5.56 Å². The second kappa shape index (κ2) is 4.85. The van der Waals surface area contributed by atoms with Crippen LogP contribution in [-0.4, -0.2) is 4.57 Å². The van der Waals surface area contributed by atoms with E-state index in [2.05, 4.69) is 15.9 Å². The maximum atomic E-state index is 12.1. The summed E-state index contributed by atoms with van der Waals surface area (Å²) in [4.78, 5) is 12.1. The monoisotopic (exact) mass is 318 g/mol. The number of nitrogens with two attached hydrogens (primary N) is 1. The molecule has 0 saturated heterocycles. The number of aromatic nitrogens is 1. The molecule has 3 rings (SSSR count). The highest BCUT2D eigenvalue weighted by molar-refractivity contribution is 9.10. The molecule has 0 bridgehead atoms. The number of rotatable bonds is 2. The van der Waals surface area contributed by atoms with Crippen LogP contribution < -0.4 is 11.3 Å².